The van der Waals surface area contributed by atoms with Gasteiger partial charge in [0.05, 0.1) is 6.10 Å². The van der Waals surface area contributed by atoms with Crippen LogP contribution in [0.4, 0.5) is 0 Å². The normalized spacial score (nSPS) is 23.1. The highest BCUT2D eigenvalue weighted by Gasteiger charge is 2.32. The fourth-order valence-corrected chi connectivity index (χ4v) is 2.36. The Balaban J connectivity index is 2.24. The minimum Gasteiger partial charge on any atom is -0.388 e. The molecule has 0 aromatic heterocycles. The maximum atomic E-state index is 11.5. The summed E-state index contributed by atoms with van der Waals surface area (Å²) in [5.74, 6) is -0.104. The molecule has 0 aliphatic heterocycles. The van der Waals surface area contributed by atoms with Gasteiger partial charge in [-0.3, -0.25) is 4.79 Å². The number of halogens is 1. The van der Waals surface area contributed by atoms with Crippen molar-refractivity contribution in [2.75, 3.05) is 0 Å². The van der Waals surface area contributed by atoms with Crippen LogP contribution < -0.4 is 0 Å². The molecule has 0 amide bonds. The average molecular weight is 225 g/mol. The molecule has 0 radical (unpaired) electrons. The van der Waals surface area contributed by atoms with E-state index in [1.165, 1.54) is 0 Å². The highest BCUT2D eigenvalue weighted by Crippen LogP contribution is 2.35. The molecule has 0 bridgehead atoms. The molecule has 1 fully saturated rings. The van der Waals surface area contributed by atoms with E-state index in [4.69, 9.17) is 11.6 Å². The van der Waals surface area contributed by atoms with Crippen molar-refractivity contribution >= 4 is 17.4 Å². The Bertz CT molecular complexity index is 376. The Morgan fingerprint density at radius 2 is 2.13 bits per heavy atom. The Morgan fingerprint density at radius 3 is 2.73 bits per heavy atom. The third-order valence-corrected chi connectivity index (χ3v) is 3.30. The SMILES string of the molecule is O=C1CCC[C@@H]1[C@@H](O)c1ccccc1Cl. The lowest BCUT2D eigenvalue weighted by Gasteiger charge is -2.17. The van der Waals surface area contributed by atoms with Gasteiger partial charge in [0.25, 0.3) is 0 Å². The van der Waals surface area contributed by atoms with Crippen LogP contribution in [0.1, 0.15) is 30.9 Å². The Labute approximate surface area is 93.9 Å². The number of benzene rings is 1. The maximum absolute atomic E-state index is 11.5. The van der Waals surface area contributed by atoms with E-state index in [2.05, 4.69) is 0 Å². The zero-order valence-electron chi connectivity index (χ0n) is 8.32. The third kappa shape index (κ3) is 2.06. The summed E-state index contributed by atoms with van der Waals surface area (Å²) in [6.45, 7) is 0. The molecule has 1 aromatic rings. The van der Waals surface area contributed by atoms with Crippen LogP contribution in [0.25, 0.3) is 0 Å². The maximum Gasteiger partial charge on any atom is 0.138 e. The molecule has 0 saturated heterocycles. The number of rotatable bonds is 2. The number of hydrogen-bond acceptors (Lipinski definition) is 2. The quantitative estimate of drug-likeness (QED) is 0.839. The number of carbonyl (C=O) groups excluding carboxylic acids is 1. The highest BCUT2D eigenvalue weighted by atomic mass is 35.5. The van der Waals surface area contributed by atoms with E-state index in [1.54, 1.807) is 12.1 Å². The van der Waals surface area contributed by atoms with Crippen molar-refractivity contribution in [3.05, 3.63) is 34.9 Å². The second kappa shape index (κ2) is 4.33. The van der Waals surface area contributed by atoms with Crippen molar-refractivity contribution in [2.45, 2.75) is 25.4 Å². The first kappa shape index (κ1) is 10.7. The predicted octanol–water partition coefficient (Wildman–Crippen LogP) is 2.74. The van der Waals surface area contributed by atoms with Gasteiger partial charge in [0.1, 0.15) is 5.78 Å². The first-order chi connectivity index (χ1) is 7.20. The summed E-state index contributed by atoms with van der Waals surface area (Å²) in [5.41, 5.74) is 0.666. The number of hydrogen-bond donors (Lipinski definition) is 1. The first-order valence-corrected chi connectivity index (χ1v) is 5.53. The van der Waals surface area contributed by atoms with Crippen molar-refractivity contribution < 1.29 is 9.90 Å². The smallest absolute Gasteiger partial charge is 0.138 e. The van der Waals surface area contributed by atoms with Crippen LogP contribution in [0.2, 0.25) is 5.02 Å². The molecule has 0 spiro atoms. The Morgan fingerprint density at radius 1 is 1.40 bits per heavy atom. The van der Waals surface area contributed by atoms with Gasteiger partial charge in [0.15, 0.2) is 0 Å². The lowest BCUT2D eigenvalue weighted by atomic mass is 9.94. The van der Waals surface area contributed by atoms with Gasteiger partial charge in [-0.05, 0) is 24.5 Å². The molecule has 1 aliphatic rings. The summed E-state index contributed by atoms with van der Waals surface area (Å²) < 4.78 is 0. The summed E-state index contributed by atoms with van der Waals surface area (Å²) in [7, 11) is 0. The van der Waals surface area contributed by atoms with Crippen LogP contribution in [-0.4, -0.2) is 10.9 Å². The molecule has 15 heavy (non-hydrogen) atoms. The molecule has 1 N–H and O–H groups in total. The van der Waals surface area contributed by atoms with Crippen LogP contribution in [0.3, 0.4) is 0 Å². The third-order valence-electron chi connectivity index (χ3n) is 2.96. The molecule has 2 rings (SSSR count). The number of aliphatic hydroxyl groups is 1. The number of Topliss-reactive ketones (excluding diaryl/α,β-unsaturated/α-hetero) is 1. The fourth-order valence-electron chi connectivity index (χ4n) is 2.11. The van der Waals surface area contributed by atoms with Crippen molar-refractivity contribution in [1.29, 1.82) is 0 Å². The van der Waals surface area contributed by atoms with E-state index >= 15 is 0 Å². The lowest BCUT2D eigenvalue weighted by molar-refractivity contribution is -0.123. The average Bonchev–Trinajstić information content (AvgIpc) is 2.64. The molecular weight excluding hydrogens is 212 g/mol. The van der Waals surface area contributed by atoms with Crippen molar-refractivity contribution in [1.82, 2.24) is 0 Å². The van der Waals surface area contributed by atoms with Crippen molar-refractivity contribution in [3.8, 4) is 0 Å². The molecule has 1 aliphatic carbocycles. The summed E-state index contributed by atoms with van der Waals surface area (Å²) in [5, 5.41) is 10.6. The topological polar surface area (TPSA) is 37.3 Å². The Kier molecular flexibility index (Phi) is 3.08. The van der Waals surface area contributed by atoms with Gasteiger partial charge in [0.2, 0.25) is 0 Å². The molecule has 1 saturated carbocycles. The Hall–Kier alpha value is -0.860. The molecular formula is C12H13ClO2. The zero-order chi connectivity index (χ0) is 10.8. The van der Waals surface area contributed by atoms with Gasteiger partial charge in [0, 0.05) is 17.4 Å². The summed E-state index contributed by atoms with van der Waals surface area (Å²) in [6, 6.07) is 7.15. The standard InChI is InChI=1S/C12H13ClO2/c13-10-6-2-1-4-8(10)12(15)9-5-3-7-11(9)14/h1-2,4,6,9,12,15H,3,5,7H2/t9-,12-/m0/s1. The van der Waals surface area contributed by atoms with Crippen molar-refractivity contribution in [3.63, 3.8) is 0 Å². The monoisotopic (exact) mass is 224 g/mol. The molecule has 2 atom stereocenters. The molecule has 80 valence electrons. The van der Waals surface area contributed by atoms with Gasteiger partial charge in [-0.1, -0.05) is 29.8 Å². The molecule has 2 nitrogen and oxygen atoms in total. The van der Waals surface area contributed by atoms with Gasteiger partial charge >= 0.3 is 0 Å². The van der Waals surface area contributed by atoms with E-state index in [9.17, 15) is 9.90 Å². The second-order valence-corrected chi connectivity index (χ2v) is 4.34. The van der Waals surface area contributed by atoms with E-state index in [1.807, 2.05) is 12.1 Å². The second-order valence-electron chi connectivity index (χ2n) is 3.93. The zero-order valence-corrected chi connectivity index (χ0v) is 9.07. The predicted molar refractivity (Wildman–Crippen MR) is 58.8 cm³/mol. The number of ketones is 1. The first-order valence-electron chi connectivity index (χ1n) is 5.15. The van der Waals surface area contributed by atoms with Gasteiger partial charge < -0.3 is 5.11 Å². The molecule has 1 aromatic carbocycles. The largest absolute Gasteiger partial charge is 0.388 e. The molecule has 0 heterocycles. The minimum atomic E-state index is -0.742. The van der Waals surface area contributed by atoms with Crippen LogP contribution >= 0.6 is 11.6 Å². The van der Waals surface area contributed by atoms with Crippen LogP contribution in [0, 0.1) is 5.92 Å². The highest BCUT2D eigenvalue weighted by molar-refractivity contribution is 6.31. The van der Waals surface area contributed by atoms with Crippen molar-refractivity contribution in [2.24, 2.45) is 5.92 Å². The number of aliphatic hydroxyl groups excluding tert-OH is 1. The van der Waals surface area contributed by atoms with Gasteiger partial charge in [-0.2, -0.15) is 0 Å². The molecule has 3 heteroatoms. The van der Waals surface area contributed by atoms with Crippen LogP contribution in [0.5, 0.6) is 0 Å². The van der Waals surface area contributed by atoms with E-state index in [-0.39, 0.29) is 11.7 Å². The van der Waals surface area contributed by atoms with Gasteiger partial charge in [-0.25, -0.2) is 0 Å². The lowest BCUT2D eigenvalue weighted by Crippen LogP contribution is -2.16. The van der Waals surface area contributed by atoms with Gasteiger partial charge in [-0.15, -0.1) is 0 Å². The van der Waals surface area contributed by atoms with E-state index in [0.717, 1.165) is 12.8 Å². The summed E-state index contributed by atoms with van der Waals surface area (Å²) in [6.07, 6.45) is 1.50. The summed E-state index contributed by atoms with van der Waals surface area (Å²) in [4.78, 5) is 11.5. The van der Waals surface area contributed by atoms with Crippen LogP contribution in [0.15, 0.2) is 24.3 Å². The number of carbonyl (C=O) groups is 1. The minimum absolute atomic E-state index is 0.155. The van der Waals surface area contributed by atoms with E-state index < -0.39 is 6.10 Å². The summed E-state index contributed by atoms with van der Waals surface area (Å²) >= 11 is 5.97. The van der Waals surface area contributed by atoms with E-state index in [0.29, 0.717) is 17.0 Å². The molecule has 0 unspecified atom stereocenters. The van der Waals surface area contributed by atoms with Crippen LogP contribution in [-0.2, 0) is 4.79 Å². The fraction of sp³-hybridized carbons (Fsp3) is 0.417.